The summed E-state index contributed by atoms with van der Waals surface area (Å²) in [5.74, 6) is 9.61. The molecule has 0 bridgehead atoms. The van der Waals surface area contributed by atoms with Crippen LogP contribution in [0.5, 0.6) is 69.0 Å². The molecule has 0 saturated carbocycles. The molecular formula is C126H134O15S2. The Balaban J connectivity index is 0.000000212. The molecule has 143 heavy (non-hydrogen) atoms. The maximum Gasteiger partial charge on any atom is 0.206 e. The average Bonchev–Trinajstić information content (AvgIpc) is 0.764. The zero-order valence-electron chi connectivity index (χ0n) is 83.2. The van der Waals surface area contributed by atoms with E-state index in [1.54, 1.807) is 72.9 Å². The van der Waals surface area contributed by atoms with Crippen molar-refractivity contribution in [1.29, 1.82) is 0 Å². The van der Waals surface area contributed by atoms with Crippen LogP contribution < -0.4 is 56.8 Å². The zero-order valence-corrected chi connectivity index (χ0v) is 84.8. The monoisotopic (exact) mass is 1950 g/mol. The van der Waals surface area contributed by atoms with E-state index in [2.05, 4.69) is 172 Å². The molecule has 0 aliphatic heterocycles. The van der Waals surface area contributed by atoms with Crippen molar-refractivity contribution in [2.45, 2.75) is 85.8 Å². The second-order valence-electron chi connectivity index (χ2n) is 32.9. The molecule has 740 valence electrons. The minimum atomic E-state index is -3.56. The molecular weight excluding hydrogens is 1820 g/mol. The smallest absolute Gasteiger partial charge is 0.206 e. The third kappa shape index (κ3) is 37.4. The van der Waals surface area contributed by atoms with Crippen molar-refractivity contribution in [3.8, 4) is 69.0 Å². The van der Waals surface area contributed by atoms with Gasteiger partial charge in [0.2, 0.25) is 9.84 Å². The molecule has 0 heterocycles. The van der Waals surface area contributed by atoms with Gasteiger partial charge in [-0.15, -0.1) is 26.3 Å². The number of ether oxygens (including phenoxy) is 12. The normalized spacial score (nSPS) is 10.4. The van der Waals surface area contributed by atoms with E-state index in [0.717, 1.165) is 183 Å². The van der Waals surface area contributed by atoms with Crippen molar-refractivity contribution in [2.75, 3.05) is 79.3 Å². The summed E-state index contributed by atoms with van der Waals surface area (Å²) in [6.07, 6.45) is 26.1. The van der Waals surface area contributed by atoms with Crippen molar-refractivity contribution >= 4 is 53.0 Å². The van der Waals surface area contributed by atoms with E-state index < -0.39 is 20.6 Å². The summed E-state index contributed by atoms with van der Waals surface area (Å²) in [7, 11) is -4.80. The number of rotatable bonds is 52. The van der Waals surface area contributed by atoms with Crippen LogP contribution in [0.25, 0.3) is 32.3 Å². The van der Waals surface area contributed by atoms with Crippen LogP contribution in [-0.2, 0) is 59.2 Å². The largest absolute Gasteiger partial charge is 0.490 e. The van der Waals surface area contributed by atoms with Crippen LogP contribution in [0.2, 0.25) is 0 Å². The Morgan fingerprint density at radius 2 is 0.552 bits per heavy atom. The Bertz CT molecular complexity index is 6320. The second kappa shape index (κ2) is 61.6. The molecule has 0 fully saturated rings. The number of allylic oxidation sites excluding steroid dienone is 4. The maximum atomic E-state index is 12.6. The lowest BCUT2D eigenvalue weighted by molar-refractivity contribution is 0.352. The summed E-state index contributed by atoms with van der Waals surface area (Å²) in [4.78, 5) is 1.88. The fourth-order valence-corrected chi connectivity index (χ4v) is 16.3. The fourth-order valence-electron chi connectivity index (χ4n) is 14.0. The molecule has 0 spiro atoms. The average molecular weight is 1950 g/mol. The fraction of sp³-hybridized carbons (Fsp3) is 0.175. The first kappa shape index (κ1) is 112. The number of hydrogen-bond acceptors (Lipinski definition) is 15. The van der Waals surface area contributed by atoms with Gasteiger partial charge in [0, 0.05) is 31.7 Å². The van der Waals surface area contributed by atoms with Gasteiger partial charge in [-0.1, -0.05) is 249 Å². The molecule has 15 nitrogen and oxygen atoms in total. The highest BCUT2D eigenvalue weighted by Gasteiger charge is 2.20. The molecule has 0 N–H and O–H groups in total. The molecule has 0 aliphatic rings. The van der Waals surface area contributed by atoms with E-state index in [-0.39, 0.29) is 9.79 Å². The third-order valence-electron chi connectivity index (χ3n) is 20.6. The SMILES string of the molecule is C=C(C)COc1ccc(S(=O)c2ccc(OCC(=C)C)cc2)cc1.C=C(C)COc1ccc2cc(OCC(=C)C)ccc2c1.C=CCOc1ccc(Cc2ccc(Cc3ccc(CC=C)c(OCC=C)c3)cc2)cc1CC=C.C=CCOc1ccc(OCC=C)c2ccccc12.C=CCOc1ccc(S(=O)(=O)c2ccc(OCC=C)cc2)cc1.C=CCOc1ccc2c(CC=C)c(OCC=C)ccc2c1CC=C. The van der Waals surface area contributed by atoms with Crippen LogP contribution in [0.3, 0.4) is 0 Å². The van der Waals surface area contributed by atoms with Gasteiger partial charge < -0.3 is 56.8 Å². The quantitative estimate of drug-likeness (QED) is 0.0331. The van der Waals surface area contributed by atoms with E-state index in [1.165, 1.54) is 46.5 Å². The first-order valence-corrected chi connectivity index (χ1v) is 49.4. The highest BCUT2D eigenvalue weighted by atomic mass is 32.2. The Kier molecular flexibility index (Phi) is 48.4. The van der Waals surface area contributed by atoms with Gasteiger partial charge in [0.05, 0.1) is 20.6 Å². The van der Waals surface area contributed by atoms with Crippen LogP contribution in [0, 0.1) is 0 Å². The highest BCUT2D eigenvalue weighted by Crippen LogP contribution is 2.38. The van der Waals surface area contributed by atoms with Crippen LogP contribution in [-0.4, -0.2) is 91.9 Å². The number of hydrogen-bond donors (Lipinski definition) is 0. The van der Waals surface area contributed by atoms with Gasteiger partial charge in [-0.25, -0.2) is 12.6 Å². The molecule has 0 aliphatic carbocycles. The Labute approximate surface area is 850 Å². The van der Waals surface area contributed by atoms with Gasteiger partial charge >= 0.3 is 0 Å². The topological polar surface area (TPSA) is 162 Å². The van der Waals surface area contributed by atoms with E-state index in [4.69, 9.17) is 56.8 Å². The molecule has 0 aromatic heterocycles. The molecule has 13 aromatic rings. The van der Waals surface area contributed by atoms with E-state index in [1.807, 2.05) is 192 Å². The molecule has 0 atom stereocenters. The lowest BCUT2D eigenvalue weighted by Gasteiger charge is -2.17. The van der Waals surface area contributed by atoms with Gasteiger partial charge in [0.25, 0.3) is 0 Å². The van der Waals surface area contributed by atoms with Crippen LogP contribution >= 0.6 is 0 Å². The lowest BCUT2D eigenvalue weighted by atomic mass is 9.95. The standard InChI is InChI=1S/C32H34O2.C22H24O2.C20H22O3S.C18H18O4S.C18H20O2.C16H16O2/c1-5-9-29-17-15-28(24-32(29)34-20-8-4)22-26-13-11-25(12-14-26)21-27-16-18-31(33-19-7-3)30(23-27)10-6-2;1-5-9-19-17-11-14-22(24-16-8-4)20(10-6-2)18(17)12-13-21(19)23-15-7-3;1-15(2)13-22-17-5-9-19(10-6-17)24(21)20-11-7-18(8-12-20)23-14-16(3)4;1-3-13-21-15-5-9-17(10-6-15)23(19,20)18-11-7-16(8-12-18)22-14-4-2;1-13(2)11-19-17-7-5-16-10-18(20-12-14(3)4)8-6-15(16)9-17;1-3-11-17-15-9-10-16(18-12-4-2)14-8-6-5-7-13(14)15/h5-8,11-18,23-24H,1-4,9-10,19-22H2;5-8,11-14H,1-4,9-10,15-16H2;5-12H,1,3,13-14H2,2,4H3;3-12H,1-2,13-14H2;5-10H,1,3,11-12H2,2,4H3;3-10H,1-2,11-12H2. The van der Waals surface area contributed by atoms with Crippen molar-refractivity contribution in [2.24, 2.45) is 0 Å². The summed E-state index contributed by atoms with van der Waals surface area (Å²) in [6, 6.07) is 80.9. The van der Waals surface area contributed by atoms with Gasteiger partial charge in [0.1, 0.15) is 148 Å². The minimum Gasteiger partial charge on any atom is -0.490 e. The summed E-state index contributed by atoms with van der Waals surface area (Å²) < 4.78 is 105. The minimum absolute atomic E-state index is 0.211. The van der Waals surface area contributed by atoms with Gasteiger partial charge in [-0.05, 0) is 301 Å². The predicted octanol–water partition coefficient (Wildman–Crippen LogP) is 30.0. The van der Waals surface area contributed by atoms with Crippen molar-refractivity contribution < 1.29 is 69.5 Å². The lowest BCUT2D eigenvalue weighted by Crippen LogP contribution is -2.02. The molecule has 0 unspecified atom stereocenters. The number of sulfone groups is 1. The summed E-state index contributed by atoms with van der Waals surface area (Å²) in [5.41, 5.74) is 13.5. The Hall–Kier alpha value is -15.8. The molecule has 17 heteroatoms. The van der Waals surface area contributed by atoms with Gasteiger partial charge in [-0.3, -0.25) is 0 Å². The second-order valence-corrected chi connectivity index (χ2v) is 36.4. The van der Waals surface area contributed by atoms with Gasteiger partial charge in [0.15, 0.2) is 0 Å². The summed E-state index contributed by atoms with van der Waals surface area (Å²) >= 11 is 0. The number of fused-ring (bicyclic) bond motifs is 3. The van der Waals surface area contributed by atoms with E-state index >= 15 is 0 Å². The van der Waals surface area contributed by atoms with E-state index in [0.29, 0.717) is 90.8 Å². The molecule has 0 amide bonds. The molecule has 0 saturated heterocycles. The van der Waals surface area contributed by atoms with Crippen LogP contribution in [0.1, 0.15) is 72.2 Å². The van der Waals surface area contributed by atoms with Crippen LogP contribution in [0.4, 0.5) is 0 Å². The van der Waals surface area contributed by atoms with Crippen molar-refractivity contribution in [3.05, 3.63) is 500 Å². The maximum absolute atomic E-state index is 12.6. The number of benzene rings is 13. The van der Waals surface area contributed by atoms with E-state index in [9.17, 15) is 12.6 Å². The predicted molar refractivity (Wildman–Crippen MR) is 595 cm³/mol. The first-order valence-electron chi connectivity index (χ1n) is 46.8. The van der Waals surface area contributed by atoms with Gasteiger partial charge in [-0.2, -0.15) is 0 Å². The molecule has 0 radical (unpaired) electrons. The Morgan fingerprint density at radius 3 is 0.923 bits per heavy atom. The summed E-state index contributed by atoms with van der Waals surface area (Å²) in [5, 5.41) is 6.65. The summed E-state index contributed by atoms with van der Waals surface area (Å²) in [6.45, 7) is 73.5. The third-order valence-corrected chi connectivity index (χ3v) is 23.8. The van der Waals surface area contributed by atoms with Crippen molar-refractivity contribution in [1.82, 2.24) is 0 Å². The molecule has 13 aromatic carbocycles. The van der Waals surface area contributed by atoms with Crippen LogP contribution in [0.15, 0.2) is 475 Å². The van der Waals surface area contributed by atoms with Crippen molar-refractivity contribution in [3.63, 3.8) is 0 Å². The molecule has 13 rings (SSSR count). The zero-order chi connectivity index (χ0) is 103. The highest BCUT2D eigenvalue weighted by molar-refractivity contribution is 7.91. The Morgan fingerprint density at radius 1 is 0.259 bits per heavy atom. The first-order chi connectivity index (χ1) is 69.4.